The van der Waals surface area contributed by atoms with Gasteiger partial charge in [0.15, 0.2) is 6.29 Å². The van der Waals surface area contributed by atoms with E-state index in [1.54, 1.807) is 0 Å². The number of aliphatic hydroxyl groups is 2. The minimum atomic E-state index is -1.37. The quantitative estimate of drug-likeness (QED) is 0.672. The molecule has 0 bridgehead atoms. The molecular weight excluding hydrogens is 242 g/mol. The summed E-state index contributed by atoms with van der Waals surface area (Å²) in [6.07, 6.45) is 1.03. The van der Waals surface area contributed by atoms with Crippen molar-refractivity contribution in [3.63, 3.8) is 0 Å². The van der Waals surface area contributed by atoms with E-state index in [-0.39, 0.29) is 17.6 Å². The van der Waals surface area contributed by atoms with Crippen molar-refractivity contribution in [1.82, 2.24) is 5.32 Å². The van der Waals surface area contributed by atoms with E-state index >= 15 is 0 Å². The summed E-state index contributed by atoms with van der Waals surface area (Å²) in [6.45, 7) is 0.953. The number of benzene rings is 1. The number of hydrogen-bond acceptors (Lipinski definition) is 4. The molecule has 0 aliphatic heterocycles. The number of carbonyl (C=O) groups excluding carboxylic acids is 1. The highest BCUT2D eigenvalue weighted by atomic mass is 16.5. The maximum absolute atomic E-state index is 12.1. The Labute approximate surface area is 113 Å². The van der Waals surface area contributed by atoms with Gasteiger partial charge in [-0.2, -0.15) is 0 Å². The number of hydrogen-bond donors (Lipinski definition) is 3. The van der Waals surface area contributed by atoms with Crippen LogP contribution in [0.4, 0.5) is 0 Å². The van der Waals surface area contributed by atoms with E-state index in [1.165, 1.54) is 0 Å². The summed E-state index contributed by atoms with van der Waals surface area (Å²) in [5, 5.41) is 21.6. The van der Waals surface area contributed by atoms with Crippen molar-refractivity contribution < 1.29 is 15.0 Å². The van der Waals surface area contributed by atoms with Gasteiger partial charge in [0.05, 0.1) is 6.54 Å². The molecule has 1 aromatic carbocycles. The SMILES string of the molecule is O=C(CNCc1ccccc1)C1CCC[C@H]1C(O)O. The number of ketones is 1. The van der Waals surface area contributed by atoms with Gasteiger partial charge < -0.3 is 15.5 Å². The Balaban J connectivity index is 1.78. The van der Waals surface area contributed by atoms with Crippen molar-refractivity contribution in [2.75, 3.05) is 6.54 Å². The molecule has 0 spiro atoms. The fourth-order valence-corrected chi connectivity index (χ4v) is 2.80. The predicted molar refractivity (Wildman–Crippen MR) is 72.2 cm³/mol. The first-order valence-corrected chi connectivity index (χ1v) is 6.82. The molecule has 1 fully saturated rings. The first kappa shape index (κ1) is 14.2. The van der Waals surface area contributed by atoms with Gasteiger partial charge in [-0.15, -0.1) is 0 Å². The lowest BCUT2D eigenvalue weighted by Gasteiger charge is -2.20. The zero-order chi connectivity index (χ0) is 13.7. The second-order valence-corrected chi connectivity index (χ2v) is 5.17. The van der Waals surface area contributed by atoms with Crippen molar-refractivity contribution in [2.45, 2.75) is 32.1 Å². The smallest absolute Gasteiger partial charge is 0.154 e. The Bertz CT molecular complexity index is 405. The molecule has 1 aromatic rings. The molecule has 4 heteroatoms. The maximum atomic E-state index is 12.1. The van der Waals surface area contributed by atoms with Crippen molar-refractivity contribution in [3.8, 4) is 0 Å². The number of aliphatic hydroxyl groups excluding tert-OH is 1. The molecule has 0 amide bonds. The summed E-state index contributed by atoms with van der Waals surface area (Å²) < 4.78 is 0. The van der Waals surface area contributed by atoms with Gasteiger partial charge in [0.1, 0.15) is 5.78 Å². The first-order valence-electron chi connectivity index (χ1n) is 6.82. The lowest BCUT2D eigenvalue weighted by molar-refractivity contribution is -0.133. The van der Waals surface area contributed by atoms with Crippen LogP contribution in [0.25, 0.3) is 0 Å². The molecule has 0 aromatic heterocycles. The highest BCUT2D eigenvalue weighted by Gasteiger charge is 2.36. The van der Waals surface area contributed by atoms with Crippen LogP contribution in [0.15, 0.2) is 30.3 Å². The van der Waals surface area contributed by atoms with Crippen LogP contribution < -0.4 is 5.32 Å². The van der Waals surface area contributed by atoms with Crippen LogP contribution in [-0.2, 0) is 11.3 Å². The van der Waals surface area contributed by atoms with Crippen LogP contribution in [0.3, 0.4) is 0 Å². The number of carbonyl (C=O) groups is 1. The molecule has 1 saturated carbocycles. The van der Waals surface area contributed by atoms with Gasteiger partial charge in [0, 0.05) is 18.4 Å². The number of rotatable bonds is 6. The first-order chi connectivity index (χ1) is 9.18. The predicted octanol–water partition coefficient (Wildman–Crippen LogP) is 1.07. The van der Waals surface area contributed by atoms with Crippen molar-refractivity contribution in [2.24, 2.45) is 11.8 Å². The summed E-state index contributed by atoms with van der Waals surface area (Å²) in [5.74, 6) is -0.402. The normalized spacial score (nSPS) is 22.9. The average Bonchev–Trinajstić information content (AvgIpc) is 2.89. The van der Waals surface area contributed by atoms with Crippen molar-refractivity contribution in [1.29, 1.82) is 0 Å². The van der Waals surface area contributed by atoms with Crippen LogP contribution >= 0.6 is 0 Å². The second-order valence-electron chi connectivity index (χ2n) is 5.17. The standard InChI is InChI=1S/C15H21NO3/c17-14(12-7-4-8-13(12)15(18)19)10-16-9-11-5-2-1-3-6-11/h1-3,5-6,12-13,15-16,18-19H,4,7-10H2/t12?,13-/m1/s1. The molecule has 0 radical (unpaired) electrons. The number of nitrogens with one attached hydrogen (secondary N) is 1. The van der Waals surface area contributed by atoms with E-state index in [9.17, 15) is 15.0 Å². The highest BCUT2D eigenvalue weighted by Crippen LogP contribution is 2.33. The second kappa shape index (κ2) is 6.80. The molecular formula is C15H21NO3. The largest absolute Gasteiger partial charge is 0.368 e. The molecule has 104 valence electrons. The molecule has 19 heavy (non-hydrogen) atoms. The average molecular weight is 263 g/mol. The monoisotopic (exact) mass is 263 g/mol. The fraction of sp³-hybridized carbons (Fsp3) is 0.533. The third-order valence-electron chi connectivity index (χ3n) is 3.84. The summed E-state index contributed by atoms with van der Waals surface area (Å²) in [5.41, 5.74) is 1.14. The Kier molecular flexibility index (Phi) is 5.07. The molecule has 0 heterocycles. The van der Waals surface area contributed by atoms with Crippen LogP contribution in [-0.4, -0.2) is 28.8 Å². The molecule has 3 N–H and O–H groups in total. The van der Waals surface area contributed by atoms with Crippen LogP contribution in [0.2, 0.25) is 0 Å². The lowest BCUT2D eigenvalue weighted by Crippen LogP contribution is -2.34. The van der Waals surface area contributed by atoms with E-state index < -0.39 is 6.29 Å². The highest BCUT2D eigenvalue weighted by molar-refractivity contribution is 5.83. The summed E-state index contributed by atoms with van der Waals surface area (Å²) in [4.78, 5) is 12.1. The summed E-state index contributed by atoms with van der Waals surface area (Å²) >= 11 is 0. The molecule has 2 atom stereocenters. The molecule has 1 aliphatic carbocycles. The van der Waals surface area contributed by atoms with Gasteiger partial charge >= 0.3 is 0 Å². The van der Waals surface area contributed by atoms with Gasteiger partial charge in [-0.3, -0.25) is 4.79 Å². The van der Waals surface area contributed by atoms with E-state index in [0.717, 1.165) is 24.8 Å². The zero-order valence-electron chi connectivity index (χ0n) is 11.0. The van der Waals surface area contributed by atoms with E-state index in [0.29, 0.717) is 13.1 Å². The minimum Gasteiger partial charge on any atom is -0.368 e. The Morgan fingerprint density at radius 3 is 2.68 bits per heavy atom. The topological polar surface area (TPSA) is 69.6 Å². The minimum absolute atomic E-state index is 0.0894. The van der Waals surface area contributed by atoms with Gasteiger partial charge in [-0.25, -0.2) is 0 Å². The summed E-state index contributed by atoms with van der Waals surface area (Å²) in [7, 11) is 0. The summed E-state index contributed by atoms with van der Waals surface area (Å²) in [6, 6.07) is 9.91. The third-order valence-corrected chi connectivity index (χ3v) is 3.84. The Morgan fingerprint density at radius 1 is 1.26 bits per heavy atom. The molecule has 2 rings (SSSR count). The van der Waals surface area contributed by atoms with Crippen LogP contribution in [0.5, 0.6) is 0 Å². The Hall–Kier alpha value is -1.23. The van der Waals surface area contributed by atoms with Gasteiger partial charge in [0.2, 0.25) is 0 Å². The fourth-order valence-electron chi connectivity index (χ4n) is 2.80. The van der Waals surface area contributed by atoms with Gasteiger partial charge in [0.25, 0.3) is 0 Å². The molecule has 4 nitrogen and oxygen atoms in total. The van der Waals surface area contributed by atoms with E-state index in [1.807, 2.05) is 30.3 Å². The zero-order valence-corrected chi connectivity index (χ0v) is 11.0. The van der Waals surface area contributed by atoms with E-state index in [4.69, 9.17) is 0 Å². The van der Waals surface area contributed by atoms with Crippen LogP contribution in [0.1, 0.15) is 24.8 Å². The molecule has 1 aliphatic rings. The van der Waals surface area contributed by atoms with Crippen molar-refractivity contribution in [3.05, 3.63) is 35.9 Å². The van der Waals surface area contributed by atoms with Crippen molar-refractivity contribution >= 4 is 5.78 Å². The maximum Gasteiger partial charge on any atom is 0.154 e. The number of Topliss-reactive ketones (excluding diaryl/α,β-unsaturated/α-hetero) is 1. The van der Waals surface area contributed by atoms with Gasteiger partial charge in [-0.1, -0.05) is 36.8 Å². The molecule has 1 unspecified atom stereocenters. The Morgan fingerprint density at radius 2 is 2.00 bits per heavy atom. The van der Waals surface area contributed by atoms with Crippen LogP contribution in [0, 0.1) is 11.8 Å². The third kappa shape index (κ3) is 3.86. The molecule has 0 saturated heterocycles. The lowest BCUT2D eigenvalue weighted by atomic mass is 9.91. The van der Waals surface area contributed by atoms with Gasteiger partial charge in [-0.05, 0) is 18.4 Å². The van der Waals surface area contributed by atoms with E-state index in [2.05, 4.69) is 5.32 Å².